The highest BCUT2D eigenvalue weighted by atomic mass is 16.5. The third kappa shape index (κ3) is 5.58. The molecule has 2 N–H and O–H groups in total. The van der Waals surface area contributed by atoms with E-state index in [9.17, 15) is 14.4 Å². The SMILES string of the molecule is O=C(COC(=O)CNC(=O)C12CC3CC(CC(C3)C1)C2)Nc1ccc(N=Nc2ccccc2)cc1. The van der Waals surface area contributed by atoms with Crippen LogP contribution >= 0.6 is 0 Å². The number of esters is 1. The summed E-state index contributed by atoms with van der Waals surface area (Å²) in [5, 5.41) is 13.8. The van der Waals surface area contributed by atoms with Gasteiger partial charge in [0.1, 0.15) is 6.54 Å². The molecular weight excluding hydrogens is 444 g/mol. The number of hydrogen-bond donors (Lipinski definition) is 2. The van der Waals surface area contributed by atoms with Crippen LogP contribution in [-0.2, 0) is 19.1 Å². The summed E-state index contributed by atoms with van der Waals surface area (Å²) < 4.78 is 5.06. The topological polar surface area (TPSA) is 109 Å². The van der Waals surface area contributed by atoms with Gasteiger partial charge in [-0.3, -0.25) is 14.4 Å². The first-order chi connectivity index (χ1) is 17.0. The Kier molecular flexibility index (Phi) is 6.61. The first kappa shape index (κ1) is 23.2. The Balaban J connectivity index is 1.03. The molecule has 0 radical (unpaired) electrons. The fourth-order valence-corrected chi connectivity index (χ4v) is 6.34. The zero-order chi connectivity index (χ0) is 24.3. The highest BCUT2D eigenvalue weighted by Crippen LogP contribution is 2.60. The predicted molar refractivity (Wildman–Crippen MR) is 130 cm³/mol. The molecule has 8 nitrogen and oxygen atoms in total. The van der Waals surface area contributed by atoms with Crippen molar-refractivity contribution in [3.05, 3.63) is 54.6 Å². The Morgan fingerprint density at radius 3 is 2.00 bits per heavy atom. The van der Waals surface area contributed by atoms with E-state index < -0.39 is 18.5 Å². The number of hydrogen-bond acceptors (Lipinski definition) is 6. The smallest absolute Gasteiger partial charge is 0.325 e. The molecule has 4 aliphatic carbocycles. The van der Waals surface area contributed by atoms with Crippen molar-refractivity contribution in [3.63, 3.8) is 0 Å². The van der Waals surface area contributed by atoms with Crippen molar-refractivity contribution < 1.29 is 19.1 Å². The highest BCUT2D eigenvalue weighted by molar-refractivity contribution is 5.93. The normalized spacial score (nSPS) is 26.5. The van der Waals surface area contributed by atoms with E-state index in [-0.39, 0.29) is 17.9 Å². The van der Waals surface area contributed by atoms with Crippen LogP contribution in [-0.4, -0.2) is 30.9 Å². The van der Waals surface area contributed by atoms with Gasteiger partial charge in [-0.2, -0.15) is 10.2 Å². The lowest BCUT2D eigenvalue weighted by Gasteiger charge is -2.55. The molecule has 4 saturated carbocycles. The van der Waals surface area contributed by atoms with Gasteiger partial charge in [-0.15, -0.1) is 0 Å². The second-order valence-corrected chi connectivity index (χ2v) is 10.2. The summed E-state index contributed by atoms with van der Waals surface area (Å²) in [4.78, 5) is 37.2. The summed E-state index contributed by atoms with van der Waals surface area (Å²) in [6.07, 6.45) is 6.58. The largest absolute Gasteiger partial charge is 0.454 e. The molecule has 35 heavy (non-hydrogen) atoms. The minimum absolute atomic E-state index is 0.0255. The summed E-state index contributed by atoms with van der Waals surface area (Å²) in [6, 6.07) is 16.3. The molecule has 0 aliphatic heterocycles. The van der Waals surface area contributed by atoms with E-state index in [4.69, 9.17) is 4.74 Å². The lowest BCUT2D eigenvalue weighted by atomic mass is 9.49. The molecule has 182 valence electrons. The Bertz CT molecular complexity index is 1080. The van der Waals surface area contributed by atoms with Crippen molar-refractivity contribution in [1.29, 1.82) is 0 Å². The standard InChI is InChI=1S/C27H30N4O4/c32-24(29-21-6-8-23(9-7-21)31-30-22-4-2-1-3-5-22)17-35-25(33)16-28-26(34)27-13-18-10-19(14-27)12-20(11-18)15-27/h1-9,18-20H,10-17H2,(H,28,34)(H,29,32). The van der Waals surface area contributed by atoms with E-state index in [1.54, 1.807) is 24.3 Å². The first-order valence-electron chi connectivity index (χ1n) is 12.3. The number of carbonyl (C=O) groups excluding carboxylic acids is 3. The number of nitrogens with zero attached hydrogens (tertiary/aromatic N) is 2. The van der Waals surface area contributed by atoms with Crippen molar-refractivity contribution in [1.82, 2.24) is 5.32 Å². The van der Waals surface area contributed by atoms with Crippen molar-refractivity contribution in [2.75, 3.05) is 18.5 Å². The van der Waals surface area contributed by atoms with Crippen LogP contribution in [0, 0.1) is 23.2 Å². The monoisotopic (exact) mass is 474 g/mol. The van der Waals surface area contributed by atoms with E-state index in [1.807, 2.05) is 30.3 Å². The van der Waals surface area contributed by atoms with Gasteiger partial charge >= 0.3 is 5.97 Å². The molecule has 0 heterocycles. The van der Waals surface area contributed by atoms with Crippen LogP contribution in [0.4, 0.5) is 17.1 Å². The van der Waals surface area contributed by atoms with Crippen molar-refractivity contribution >= 4 is 34.8 Å². The van der Waals surface area contributed by atoms with Crippen LogP contribution in [0.25, 0.3) is 0 Å². The van der Waals surface area contributed by atoms with E-state index in [0.29, 0.717) is 29.1 Å². The average Bonchev–Trinajstić information content (AvgIpc) is 2.85. The van der Waals surface area contributed by atoms with Gasteiger partial charge in [0.25, 0.3) is 5.91 Å². The minimum atomic E-state index is -0.616. The van der Waals surface area contributed by atoms with Crippen LogP contribution in [0.5, 0.6) is 0 Å². The van der Waals surface area contributed by atoms with Crippen LogP contribution in [0.15, 0.2) is 64.8 Å². The number of rotatable bonds is 8. The van der Waals surface area contributed by atoms with Crippen LogP contribution < -0.4 is 10.6 Å². The van der Waals surface area contributed by atoms with Crippen molar-refractivity contribution in [3.8, 4) is 0 Å². The van der Waals surface area contributed by atoms with E-state index in [0.717, 1.165) is 24.9 Å². The van der Waals surface area contributed by atoms with Crippen molar-refractivity contribution in [2.24, 2.45) is 33.4 Å². The summed E-state index contributed by atoms with van der Waals surface area (Å²) in [5.74, 6) is 0.873. The second-order valence-electron chi connectivity index (χ2n) is 10.2. The molecule has 0 atom stereocenters. The molecule has 4 bridgehead atoms. The second kappa shape index (κ2) is 9.98. The van der Waals surface area contributed by atoms with Gasteiger partial charge in [0.15, 0.2) is 6.61 Å². The zero-order valence-electron chi connectivity index (χ0n) is 19.6. The zero-order valence-corrected chi connectivity index (χ0v) is 19.6. The van der Waals surface area contributed by atoms with Gasteiger partial charge in [-0.1, -0.05) is 18.2 Å². The molecule has 2 aromatic rings. The summed E-state index contributed by atoms with van der Waals surface area (Å²) in [5.41, 5.74) is 1.65. The Hall–Kier alpha value is -3.55. The fourth-order valence-electron chi connectivity index (χ4n) is 6.34. The molecule has 2 amide bonds. The molecule has 6 rings (SSSR count). The number of amides is 2. The Morgan fingerprint density at radius 2 is 1.40 bits per heavy atom. The molecule has 4 fully saturated rings. The molecule has 0 spiro atoms. The molecule has 2 aromatic carbocycles. The minimum Gasteiger partial charge on any atom is -0.454 e. The predicted octanol–water partition coefficient (Wildman–Crippen LogP) is 4.92. The highest BCUT2D eigenvalue weighted by Gasteiger charge is 2.54. The molecular formula is C27H30N4O4. The third-order valence-corrected chi connectivity index (χ3v) is 7.47. The number of carbonyl (C=O) groups is 3. The van der Waals surface area contributed by atoms with Gasteiger partial charge in [0.05, 0.1) is 11.4 Å². The maximum Gasteiger partial charge on any atom is 0.325 e. The van der Waals surface area contributed by atoms with Crippen LogP contribution in [0.3, 0.4) is 0 Å². The fraction of sp³-hybridized carbons (Fsp3) is 0.444. The van der Waals surface area contributed by atoms with Gasteiger partial charge in [-0.05, 0) is 92.7 Å². The van der Waals surface area contributed by atoms with E-state index >= 15 is 0 Å². The van der Waals surface area contributed by atoms with Crippen LogP contribution in [0.1, 0.15) is 38.5 Å². The van der Waals surface area contributed by atoms with Gasteiger partial charge < -0.3 is 15.4 Å². The lowest BCUT2D eigenvalue weighted by molar-refractivity contribution is -0.152. The van der Waals surface area contributed by atoms with Gasteiger partial charge in [0, 0.05) is 11.1 Å². The molecule has 4 aliphatic rings. The first-order valence-corrected chi connectivity index (χ1v) is 12.3. The van der Waals surface area contributed by atoms with Gasteiger partial charge in [0.2, 0.25) is 5.91 Å². The number of azo groups is 1. The maximum absolute atomic E-state index is 12.9. The Labute approximate surface area is 204 Å². The average molecular weight is 475 g/mol. The number of benzene rings is 2. The number of nitrogens with one attached hydrogen (secondary N) is 2. The lowest BCUT2D eigenvalue weighted by Crippen LogP contribution is -2.54. The summed E-state index contributed by atoms with van der Waals surface area (Å²) in [6.45, 7) is -0.628. The molecule has 0 saturated heterocycles. The third-order valence-electron chi connectivity index (χ3n) is 7.47. The summed E-state index contributed by atoms with van der Waals surface area (Å²) in [7, 11) is 0. The molecule has 8 heteroatoms. The van der Waals surface area contributed by atoms with E-state index in [2.05, 4.69) is 20.9 Å². The van der Waals surface area contributed by atoms with Gasteiger partial charge in [-0.25, -0.2) is 0 Å². The number of anilines is 1. The Morgan fingerprint density at radius 1 is 0.829 bits per heavy atom. The van der Waals surface area contributed by atoms with Crippen molar-refractivity contribution in [2.45, 2.75) is 38.5 Å². The maximum atomic E-state index is 12.9. The summed E-state index contributed by atoms with van der Waals surface area (Å²) >= 11 is 0. The molecule has 0 unspecified atom stereocenters. The number of ether oxygens (including phenoxy) is 1. The quantitative estimate of drug-likeness (QED) is 0.418. The van der Waals surface area contributed by atoms with Crippen LogP contribution in [0.2, 0.25) is 0 Å². The van der Waals surface area contributed by atoms with E-state index in [1.165, 1.54) is 19.3 Å². The molecule has 0 aromatic heterocycles.